The Morgan fingerprint density at radius 3 is 2.94 bits per heavy atom. The van der Waals surface area contributed by atoms with Gasteiger partial charge >= 0.3 is 0 Å². The number of aliphatic hydroxyl groups excluding tert-OH is 2. The van der Waals surface area contributed by atoms with Gasteiger partial charge in [-0.3, -0.25) is 4.79 Å². The number of aliphatic hydroxyl groups is 3. The standard InChI is InChI=1S/C8H12N4O5/c9-6(15)7-10-3-12(11-7)8(16)2-17-4(1-13)5(8)14/h3-5,13-14,16H,1-2H2,(H2,9,15)/t4-,5-,8-/m1/s1. The van der Waals surface area contributed by atoms with Gasteiger partial charge in [-0.15, -0.1) is 5.10 Å². The zero-order chi connectivity index (χ0) is 12.6. The summed E-state index contributed by atoms with van der Waals surface area (Å²) in [6, 6.07) is 0. The highest BCUT2D eigenvalue weighted by molar-refractivity contribution is 5.88. The normalized spacial score (nSPS) is 32.9. The molecule has 0 radical (unpaired) electrons. The fraction of sp³-hybridized carbons (Fsp3) is 0.625. The molecule has 0 unspecified atom stereocenters. The number of hydrogen-bond donors (Lipinski definition) is 4. The second-order valence-electron chi connectivity index (χ2n) is 3.73. The van der Waals surface area contributed by atoms with Crippen molar-refractivity contribution in [2.75, 3.05) is 13.2 Å². The Hall–Kier alpha value is -1.55. The van der Waals surface area contributed by atoms with E-state index in [0.717, 1.165) is 11.0 Å². The summed E-state index contributed by atoms with van der Waals surface area (Å²) in [6.07, 6.45) is -1.23. The third-order valence-corrected chi connectivity index (χ3v) is 2.62. The monoisotopic (exact) mass is 244 g/mol. The van der Waals surface area contributed by atoms with E-state index in [-0.39, 0.29) is 12.4 Å². The number of aromatic nitrogens is 3. The number of nitrogens with two attached hydrogens (primary N) is 1. The maximum Gasteiger partial charge on any atom is 0.288 e. The first kappa shape index (κ1) is 11.9. The van der Waals surface area contributed by atoms with Crippen molar-refractivity contribution in [1.29, 1.82) is 0 Å². The number of ether oxygens (including phenoxy) is 1. The molecule has 1 aliphatic heterocycles. The summed E-state index contributed by atoms with van der Waals surface area (Å²) in [4.78, 5) is 14.4. The Balaban J connectivity index is 2.29. The van der Waals surface area contributed by atoms with Crippen LogP contribution < -0.4 is 5.73 Å². The van der Waals surface area contributed by atoms with E-state index in [2.05, 4.69) is 10.1 Å². The van der Waals surface area contributed by atoms with Gasteiger partial charge < -0.3 is 25.8 Å². The number of nitrogens with zero attached hydrogens (tertiary/aromatic N) is 3. The minimum atomic E-state index is -1.87. The van der Waals surface area contributed by atoms with Gasteiger partial charge in [0.15, 0.2) is 0 Å². The highest BCUT2D eigenvalue weighted by Crippen LogP contribution is 2.28. The number of carbonyl (C=O) groups excluding carboxylic acids is 1. The number of primary amides is 1. The topological polar surface area (TPSA) is 144 Å². The van der Waals surface area contributed by atoms with E-state index >= 15 is 0 Å². The quantitative estimate of drug-likeness (QED) is 0.437. The van der Waals surface area contributed by atoms with E-state index in [4.69, 9.17) is 15.6 Å². The molecule has 1 saturated heterocycles. The highest BCUT2D eigenvalue weighted by Gasteiger charge is 2.50. The average Bonchev–Trinajstić information content (AvgIpc) is 2.87. The van der Waals surface area contributed by atoms with E-state index in [1.54, 1.807) is 0 Å². The molecule has 0 aromatic carbocycles. The third-order valence-electron chi connectivity index (χ3n) is 2.62. The van der Waals surface area contributed by atoms with Crippen LogP contribution in [0.3, 0.4) is 0 Å². The molecule has 1 aromatic heterocycles. The summed E-state index contributed by atoms with van der Waals surface area (Å²) < 4.78 is 5.90. The summed E-state index contributed by atoms with van der Waals surface area (Å²) >= 11 is 0. The second-order valence-corrected chi connectivity index (χ2v) is 3.73. The Kier molecular flexibility index (Phi) is 2.83. The Labute approximate surface area is 95.4 Å². The van der Waals surface area contributed by atoms with Crippen molar-refractivity contribution in [3.63, 3.8) is 0 Å². The van der Waals surface area contributed by atoms with Crippen molar-refractivity contribution in [3.8, 4) is 0 Å². The fourth-order valence-corrected chi connectivity index (χ4v) is 1.62. The molecule has 0 saturated carbocycles. The van der Waals surface area contributed by atoms with E-state index in [1.165, 1.54) is 0 Å². The predicted molar refractivity (Wildman–Crippen MR) is 51.6 cm³/mol. The van der Waals surface area contributed by atoms with Crippen molar-refractivity contribution in [2.45, 2.75) is 17.9 Å². The molecule has 5 N–H and O–H groups in total. The molecule has 1 fully saturated rings. The van der Waals surface area contributed by atoms with Crippen LogP contribution in [-0.4, -0.2) is 61.4 Å². The molecular weight excluding hydrogens is 232 g/mol. The first-order valence-electron chi connectivity index (χ1n) is 4.84. The first-order valence-corrected chi connectivity index (χ1v) is 4.84. The molecule has 0 aliphatic carbocycles. The fourth-order valence-electron chi connectivity index (χ4n) is 1.62. The number of rotatable bonds is 3. The average molecular weight is 244 g/mol. The molecule has 3 atom stereocenters. The number of hydrogen-bond acceptors (Lipinski definition) is 7. The Morgan fingerprint density at radius 2 is 2.47 bits per heavy atom. The van der Waals surface area contributed by atoms with E-state index in [0.29, 0.717) is 0 Å². The molecule has 17 heavy (non-hydrogen) atoms. The lowest BCUT2D eigenvalue weighted by molar-refractivity contribution is -0.120. The summed E-state index contributed by atoms with van der Waals surface area (Å²) in [6.45, 7) is -0.720. The molecular formula is C8H12N4O5. The minimum absolute atomic E-state index is 0.277. The third kappa shape index (κ3) is 1.78. The smallest absolute Gasteiger partial charge is 0.288 e. The van der Waals surface area contributed by atoms with Crippen LogP contribution in [0.5, 0.6) is 0 Å². The Morgan fingerprint density at radius 1 is 1.76 bits per heavy atom. The summed E-state index contributed by atoms with van der Waals surface area (Å²) in [5.74, 6) is -1.13. The van der Waals surface area contributed by atoms with Crippen LogP contribution >= 0.6 is 0 Å². The Bertz CT molecular complexity index is 435. The molecule has 2 rings (SSSR count). The van der Waals surface area contributed by atoms with Gasteiger partial charge in [0.25, 0.3) is 5.91 Å². The van der Waals surface area contributed by atoms with Gasteiger partial charge in [0.1, 0.15) is 18.5 Å². The van der Waals surface area contributed by atoms with Gasteiger partial charge in [-0.25, -0.2) is 9.67 Å². The maximum atomic E-state index is 10.8. The predicted octanol–water partition coefficient (Wildman–Crippen LogP) is -3.23. The van der Waals surface area contributed by atoms with Gasteiger partial charge in [-0.2, -0.15) is 0 Å². The van der Waals surface area contributed by atoms with Crippen molar-refractivity contribution in [3.05, 3.63) is 12.2 Å². The molecule has 1 aliphatic rings. The number of amides is 1. The van der Waals surface area contributed by atoms with E-state index in [1.807, 2.05) is 0 Å². The lowest BCUT2D eigenvalue weighted by Crippen LogP contribution is -2.47. The molecule has 2 heterocycles. The van der Waals surface area contributed by atoms with Crippen LogP contribution in [0.2, 0.25) is 0 Å². The summed E-state index contributed by atoms with van der Waals surface area (Å²) in [7, 11) is 0. The summed E-state index contributed by atoms with van der Waals surface area (Å²) in [5, 5.41) is 32.5. The number of carbonyl (C=O) groups is 1. The van der Waals surface area contributed by atoms with Crippen LogP contribution in [0, 0.1) is 0 Å². The molecule has 0 bridgehead atoms. The van der Waals surface area contributed by atoms with Crippen LogP contribution in [0.15, 0.2) is 6.33 Å². The molecule has 0 spiro atoms. The van der Waals surface area contributed by atoms with Crippen LogP contribution in [0.25, 0.3) is 0 Å². The van der Waals surface area contributed by atoms with Gasteiger partial charge in [-0.05, 0) is 0 Å². The van der Waals surface area contributed by atoms with Gasteiger partial charge in [0.2, 0.25) is 11.5 Å². The van der Waals surface area contributed by atoms with Crippen molar-refractivity contribution in [1.82, 2.24) is 14.8 Å². The minimum Gasteiger partial charge on any atom is -0.394 e. The zero-order valence-electron chi connectivity index (χ0n) is 8.72. The van der Waals surface area contributed by atoms with Crippen LogP contribution in [0.1, 0.15) is 10.6 Å². The van der Waals surface area contributed by atoms with Gasteiger partial charge in [0.05, 0.1) is 13.2 Å². The molecule has 1 aromatic rings. The highest BCUT2D eigenvalue weighted by atomic mass is 16.6. The van der Waals surface area contributed by atoms with Crippen LogP contribution in [-0.2, 0) is 10.5 Å². The lowest BCUT2D eigenvalue weighted by atomic mass is 10.1. The van der Waals surface area contributed by atoms with Crippen LogP contribution in [0.4, 0.5) is 0 Å². The largest absolute Gasteiger partial charge is 0.394 e. The van der Waals surface area contributed by atoms with Crippen molar-refractivity contribution < 1.29 is 24.9 Å². The lowest BCUT2D eigenvalue weighted by Gasteiger charge is -2.25. The molecule has 1 amide bonds. The molecule has 9 nitrogen and oxygen atoms in total. The van der Waals surface area contributed by atoms with Gasteiger partial charge in [0, 0.05) is 0 Å². The van der Waals surface area contributed by atoms with E-state index < -0.39 is 30.4 Å². The van der Waals surface area contributed by atoms with Crippen molar-refractivity contribution >= 4 is 5.91 Å². The SMILES string of the molecule is NC(=O)c1ncn([C@@]2(O)CO[C@H](CO)[C@H]2O)n1. The van der Waals surface area contributed by atoms with E-state index in [9.17, 15) is 15.0 Å². The molecule has 9 heteroatoms. The summed E-state index contributed by atoms with van der Waals surface area (Å²) in [5.41, 5.74) is 3.10. The zero-order valence-corrected chi connectivity index (χ0v) is 8.72. The van der Waals surface area contributed by atoms with Gasteiger partial charge in [-0.1, -0.05) is 0 Å². The maximum absolute atomic E-state index is 10.8. The first-order chi connectivity index (χ1) is 7.99. The van der Waals surface area contributed by atoms with Crippen molar-refractivity contribution in [2.24, 2.45) is 5.73 Å². The molecule has 94 valence electrons. The second kappa shape index (κ2) is 4.04.